The molecule has 1 aliphatic rings. The number of unbranched alkanes of at least 4 members (excludes halogenated alkanes) is 3. The zero-order valence-corrected chi connectivity index (χ0v) is 20.9. The number of hydrogen-bond acceptors (Lipinski definition) is 5. The Morgan fingerprint density at radius 3 is 2.31 bits per heavy atom. The summed E-state index contributed by atoms with van der Waals surface area (Å²) in [5, 5.41) is 0. The molecule has 0 N–H and O–H groups in total. The van der Waals surface area contributed by atoms with Gasteiger partial charge < -0.3 is 18.9 Å². The van der Waals surface area contributed by atoms with Crippen molar-refractivity contribution in [1.82, 2.24) is 0 Å². The maximum atomic E-state index is 5.33. The Morgan fingerprint density at radius 2 is 1.62 bits per heavy atom. The molecule has 0 fully saturated rings. The molecule has 0 radical (unpaired) electrons. The maximum Gasteiger partial charge on any atom is 0.128 e. The van der Waals surface area contributed by atoms with Crippen molar-refractivity contribution in [3.8, 4) is 0 Å². The molecule has 2 aromatic carbocycles. The average molecular weight is 526 g/mol. The molecule has 158 valence electrons. The lowest BCUT2D eigenvalue weighted by molar-refractivity contribution is 0.361. The van der Waals surface area contributed by atoms with Crippen molar-refractivity contribution in [3.63, 3.8) is 0 Å². The molecule has 0 spiro atoms. The lowest BCUT2D eigenvalue weighted by Gasteiger charge is -2.28. The Balaban J connectivity index is 1.62. The molecule has 0 aromatic heterocycles. The minimum Gasteiger partial charge on any atom is -0.378 e. The topological polar surface area (TPSA) is 19.0 Å². The van der Waals surface area contributed by atoms with Gasteiger partial charge in [-0.1, -0.05) is 31.0 Å². The fraction of sp³-hybridized carbons (Fsp3) is 0.478. The van der Waals surface area contributed by atoms with Gasteiger partial charge in [-0.05, 0) is 54.7 Å². The van der Waals surface area contributed by atoms with E-state index in [1.807, 2.05) is 0 Å². The van der Waals surface area contributed by atoms with Gasteiger partial charge in [-0.2, -0.15) is 0 Å². The number of fused-ring (bicyclic) bond motifs is 1. The Bertz CT molecular complexity index is 784. The van der Waals surface area contributed by atoms with Gasteiger partial charge in [0.2, 0.25) is 0 Å². The first-order valence-corrected chi connectivity index (χ1v) is 13.6. The zero-order chi connectivity index (χ0) is 20.8. The van der Waals surface area contributed by atoms with Gasteiger partial charge in [-0.15, -0.1) is 0 Å². The van der Waals surface area contributed by atoms with Crippen LogP contribution >= 0.6 is 30.4 Å². The van der Waals surface area contributed by atoms with E-state index in [4.69, 9.17) is 4.18 Å². The fourth-order valence-corrected chi connectivity index (χ4v) is 4.82. The summed E-state index contributed by atoms with van der Waals surface area (Å²) in [7, 11) is 10.0. The summed E-state index contributed by atoms with van der Waals surface area (Å²) in [5.74, 6) is 0. The van der Waals surface area contributed by atoms with Crippen molar-refractivity contribution in [3.05, 3.63) is 53.6 Å². The molecule has 0 saturated heterocycles. The van der Waals surface area contributed by atoms with Crippen molar-refractivity contribution in [2.45, 2.75) is 38.3 Å². The van der Waals surface area contributed by atoms with E-state index in [0.29, 0.717) is 0 Å². The van der Waals surface area contributed by atoms with Crippen LogP contribution < -0.4 is 14.7 Å². The first-order valence-electron chi connectivity index (χ1n) is 10.3. The van der Waals surface area contributed by atoms with Crippen LogP contribution in [0.1, 0.15) is 43.0 Å². The highest BCUT2D eigenvalue weighted by molar-refractivity contribution is 14.2. The van der Waals surface area contributed by atoms with Crippen molar-refractivity contribution >= 4 is 47.5 Å². The van der Waals surface area contributed by atoms with Crippen LogP contribution in [0.25, 0.3) is 0 Å². The Kier molecular flexibility index (Phi) is 8.38. The summed E-state index contributed by atoms with van der Waals surface area (Å²) in [5.41, 5.74) is 6.64. The van der Waals surface area contributed by atoms with Crippen LogP contribution in [-0.4, -0.2) is 34.8 Å². The van der Waals surface area contributed by atoms with Crippen molar-refractivity contribution in [2.75, 3.05) is 49.5 Å². The summed E-state index contributed by atoms with van der Waals surface area (Å²) in [6, 6.07) is 15.9. The van der Waals surface area contributed by atoms with Gasteiger partial charge in [0, 0.05) is 55.1 Å². The van der Waals surface area contributed by atoms with E-state index in [0.717, 1.165) is 19.4 Å². The highest BCUT2D eigenvalue weighted by Crippen LogP contribution is 2.45. The molecule has 3 rings (SSSR count). The summed E-state index contributed by atoms with van der Waals surface area (Å²) in [6.07, 6.45) is 6.30. The van der Waals surface area contributed by atoms with Crippen LogP contribution in [0.15, 0.2) is 42.5 Å². The van der Waals surface area contributed by atoms with Gasteiger partial charge in [-0.3, -0.25) is 0 Å². The minimum atomic E-state index is 0.243. The molecule has 1 aliphatic heterocycles. The molecule has 0 bridgehead atoms. The third-order valence-corrected chi connectivity index (χ3v) is 6.75. The largest absolute Gasteiger partial charge is 0.378 e. The van der Waals surface area contributed by atoms with Crippen molar-refractivity contribution in [1.29, 1.82) is 0 Å². The van der Waals surface area contributed by atoms with E-state index in [1.165, 1.54) is 56.7 Å². The van der Waals surface area contributed by atoms with E-state index >= 15 is 0 Å². The van der Waals surface area contributed by atoms with Gasteiger partial charge in [0.05, 0.1) is 27.2 Å². The highest BCUT2D eigenvalue weighted by atomic mass is 127. The van der Waals surface area contributed by atoms with Crippen LogP contribution in [-0.2, 0) is 10.6 Å². The molecule has 29 heavy (non-hydrogen) atoms. The molecule has 0 saturated carbocycles. The Labute approximate surface area is 192 Å². The number of rotatable bonds is 10. The van der Waals surface area contributed by atoms with E-state index in [2.05, 4.69) is 107 Å². The van der Waals surface area contributed by atoms with Crippen molar-refractivity contribution < 1.29 is 4.18 Å². The Hall–Kier alpha value is -1.12. The molecular formula is C23H32IN3OS. The van der Waals surface area contributed by atoms with Crippen LogP contribution in [0.3, 0.4) is 0 Å². The Morgan fingerprint density at radius 1 is 0.931 bits per heavy atom. The second-order valence-corrected chi connectivity index (χ2v) is 9.39. The average Bonchev–Trinajstić information content (AvgIpc) is 2.97. The third kappa shape index (κ3) is 5.52. The van der Waals surface area contributed by atoms with E-state index < -0.39 is 0 Å². The highest BCUT2D eigenvalue weighted by Gasteiger charge is 2.32. The van der Waals surface area contributed by atoms with Gasteiger partial charge in [-0.25, -0.2) is 0 Å². The number of halogens is 1. The smallest absolute Gasteiger partial charge is 0.128 e. The van der Waals surface area contributed by atoms with E-state index in [1.54, 1.807) is 0 Å². The van der Waals surface area contributed by atoms with Crippen LogP contribution in [0.4, 0.5) is 17.1 Å². The molecular weight excluding hydrogens is 493 g/mol. The molecule has 0 aliphatic carbocycles. The predicted molar refractivity (Wildman–Crippen MR) is 136 cm³/mol. The van der Waals surface area contributed by atoms with Gasteiger partial charge in [0.1, 0.15) is 6.17 Å². The molecule has 1 unspecified atom stereocenters. The molecule has 6 heteroatoms. The minimum absolute atomic E-state index is 0.243. The van der Waals surface area contributed by atoms with Crippen LogP contribution in [0.5, 0.6) is 0 Å². The summed E-state index contributed by atoms with van der Waals surface area (Å²) in [4.78, 5) is 6.93. The lowest BCUT2D eigenvalue weighted by Crippen LogP contribution is -2.30. The first-order chi connectivity index (χ1) is 14.0. The van der Waals surface area contributed by atoms with E-state index in [-0.39, 0.29) is 6.17 Å². The SMILES string of the molecule is CN(C)c1ccc(C2N(C)c3ccc(CCCCCCOSI)cc3N2C)cc1. The fourth-order valence-electron chi connectivity index (χ4n) is 4.10. The summed E-state index contributed by atoms with van der Waals surface area (Å²) >= 11 is 2.17. The number of benzene rings is 2. The number of aryl methyl sites for hydroxylation is 1. The summed E-state index contributed by atoms with van der Waals surface area (Å²) in [6.45, 7) is 0.862. The lowest BCUT2D eigenvalue weighted by atomic mass is 10.0. The second kappa shape index (κ2) is 10.8. The second-order valence-electron chi connectivity index (χ2n) is 7.95. The van der Waals surface area contributed by atoms with Crippen LogP contribution in [0.2, 0.25) is 0 Å². The standard InChI is InChI=1S/C23H32IN3OS/c1-25(2)20-13-11-19(12-14-20)23-26(3)21-15-10-18(17-22(21)27(23)4)9-7-5-6-8-16-28-29-24/h10-15,17,23H,5-9,16H2,1-4H3. The van der Waals surface area contributed by atoms with E-state index in [9.17, 15) is 0 Å². The van der Waals surface area contributed by atoms with Crippen molar-refractivity contribution in [2.24, 2.45) is 0 Å². The normalized spacial score (nSPS) is 15.7. The molecule has 1 atom stereocenters. The molecule has 2 aromatic rings. The maximum absolute atomic E-state index is 5.33. The van der Waals surface area contributed by atoms with Gasteiger partial charge in [0.25, 0.3) is 0 Å². The molecule has 0 amide bonds. The first kappa shape index (κ1) is 22.6. The quantitative estimate of drug-likeness (QED) is 0.201. The molecule has 4 nitrogen and oxygen atoms in total. The number of hydrogen-bond donors (Lipinski definition) is 0. The molecule has 1 heterocycles. The predicted octanol–water partition coefficient (Wildman–Crippen LogP) is 6.46. The number of anilines is 3. The third-order valence-electron chi connectivity index (χ3n) is 5.73. The number of nitrogens with zero attached hydrogens (tertiary/aromatic N) is 3. The van der Waals surface area contributed by atoms with Gasteiger partial charge >= 0.3 is 0 Å². The van der Waals surface area contributed by atoms with Crippen LogP contribution in [0, 0.1) is 0 Å². The summed E-state index contributed by atoms with van der Waals surface area (Å²) < 4.78 is 5.33. The zero-order valence-electron chi connectivity index (χ0n) is 17.9. The monoisotopic (exact) mass is 525 g/mol. The van der Waals surface area contributed by atoms with Gasteiger partial charge in [0.15, 0.2) is 0 Å².